The molecule has 0 atom stereocenters. The molecule has 1 aliphatic carbocycles. The van der Waals surface area contributed by atoms with Crippen LogP contribution in [0.3, 0.4) is 0 Å². The van der Waals surface area contributed by atoms with Gasteiger partial charge in [0.1, 0.15) is 0 Å². The lowest BCUT2D eigenvalue weighted by Crippen LogP contribution is -2.03. The number of carbonyl (C=O) groups excluding carboxylic acids is 1. The number of hydrogen-bond acceptors (Lipinski definition) is 2. The van der Waals surface area contributed by atoms with Gasteiger partial charge in [-0.25, -0.2) is 4.79 Å². The predicted octanol–water partition coefficient (Wildman–Crippen LogP) is 2.72. The summed E-state index contributed by atoms with van der Waals surface area (Å²) in [5.41, 5.74) is 3.27. The zero-order valence-electron chi connectivity index (χ0n) is 7.97. The van der Waals surface area contributed by atoms with Crippen molar-refractivity contribution < 1.29 is 9.53 Å². The molecule has 0 heterocycles. The minimum atomic E-state index is -0.272. The number of carbonyl (C=O) groups is 1. The van der Waals surface area contributed by atoms with E-state index in [4.69, 9.17) is 4.74 Å². The van der Waals surface area contributed by atoms with E-state index in [1.165, 1.54) is 24.7 Å². The molecule has 14 heavy (non-hydrogen) atoms. The Morgan fingerprint density at radius 1 is 1.36 bits per heavy atom. The average Bonchev–Trinajstić information content (AvgIpc) is 2.62. The zero-order valence-corrected chi connectivity index (χ0v) is 9.56. The largest absolute Gasteiger partial charge is 0.465 e. The SMILES string of the molecule is COC(=O)c1cc2c(cc1Br)CCC2. The Kier molecular flexibility index (Phi) is 2.59. The molecule has 2 rings (SSSR count). The van der Waals surface area contributed by atoms with Gasteiger partial charge in [-0.05, 0) is 58.5 Å². The molecule has 0 amide bonds. The fourth-order valence-electron chi connectivity index (χ4n) is 1.86. The summed E-state index contributed by atoms with van der Waals surface area (Å²) >= 11 is 3.39. The van der Waals surface area contributed by atoms with Gasteiger partial charge in [0.05, 0.1) is 12.7 Å². The van der Waals surface area contributed by atoms with Crippen LogP contribution >= 0.6 is 15.9 Å². The van der Waals surface area contributed by atoms with E-state index in [0.717, 1.165) is 17.3 Å². The number of ether oxygens (including phenoxy) is 1. The van der Waals surface area contributed by atoms with Crippen molar-refractivity contribution in [2.24, 2.45) is 0 Å². The molecule has 0 aromatic heterocycles. The van der Waals surface area contributed by atoms with E-state index >= 15 is 0 Å². The van der Waals surface area contributed by atoms with Crippen molar-refractivity contribution in [3.8, 4) is 0 Å². The lowest BCUT2D eigenvalue weighted by atomic mass is 10.1. The normalized spacial score (nSPS) is 13.9. The molecule has 0 saturated heterocycles. The van der Waals surface area contributed by atoms with E-state index in [1.807, 2.05) is 12.1 Å². The second-order valence-corrected chi connectivity index (χ2v) is 4.30. The van der Waals surface area contributed by atoms with Crippen LogP contribution in [0.4, 0.5) is 0 Å². The third-order valence-corrected chi connectivity index (χ3v) is 3.24. The number of halogens is 1. The molecular weight excluding hydrogens is 244 g/mol. The molecule has 3 heteroatoms. The number of hydrogen-bond donors (Lipinski definition) is 0. The quantitative estimate of drug-likeness (QED) is 0.721. The summed E-state index contributed by atoms with van der Waals surface area (Å²) in [5.74, 6) is -0.272. The highest BCUT2D eigenvalue weighted by Gasteiger charge is 2.17. The van der Waals surface area contributed by atoms with Crippen LogP contribution in [0.2, 0.25) is 0 Å². The first kappa shape index (κ1) is 9.71. The van der Waals surface area contributed by atoms with E-state index < -0.39 is 0 Å². The topological polar surface area (TPSA) is 26.3 Å². The van der Waals surface area contributed by atoms with Crippen LogP contribution in [-0.2, 0) is 17.6 Å². The van der Waals surface area contributed by atoms with Gasteiger partial charge in [-0.1, -0.05) is 0 Å². The van der Waals surface area contributed by atoms with Crippen LogP contribution in [0.15, 0.2) is 16.6 Å². The second-order valence-electron chi connectivity index (χ2n) is 3.45. The fraction of sp³-hybridized carbons (Fsp3) is 0.364. The van der Waals surface area contributed by atoms with Crippen LogP contribution in [0.1, 0.15) is 27.9 Å². The molecule has 0 N–H and O–H groups in total. The Morgan fingerprint density at radius 2 is 2.00 bits per heavy atom. The smallest absolute Gasteiger partial charge is 0.339 e. The molecule has 0 bridgehead atoms. The number of methoxy groups -OCH3 is 1. The van der Waals surface area contributed by atoms with Crippen molar-refractivity contribution in [2.75, 3.05) is 7.11 Å². The maximum Gasteiger partial charge on any atom is 0.339 e. The molecule has 0 unspecified atom stereocenters. The zero-order chi connectivity index (χ0) is 10.1. The van der Waals surface area contributed by atoms with Crippen molar-refractivity contribution in [3.63, 3.8) is 0 Å². The van der Waals surface area contributed by atoms with Gasteiger partial charge in [0.15, 0.2) is 0 Å². The monoisotopic (exact) mass is 254 g/mol. The molecule has 2 nitrogen and oxygen atoms in total. The highest BCUT2D eigenvalue weighted by atomic mass is 79.9. The summed E-state index contributed by atoms with van der Waals surface area (Å²) in [6.45, 7) is 0. The summed E-state index contributed by atoms with van der Waals surface area (Å²) < 4.78 is 5.55. The Hall–Kier alpha value is -0.830. The first-order chi connectivity index (χ1) is 6.72. The van der Waals surface area contributed by atoms with Crippen LogP contribution in [0.5, 0.6) is 0 Å². The van der Waals surface area contributed by atoms with Crippen molar-refractivity contribution >= 4 is 21.9 Å². The van der Waals surface area contributed by atoms with Gasteiger partial charge in [-0.3, -0.25) is 0 Å². The van der Waals surface area contributed by atoms with E-state index in [-0.39, 0.29) is 5.97 Å². The van der Waals surface area contributed by atoms with Gasteiger partial charge in [-0.2, -0.15) is 0 Å². The molecule has 1 aromatic carbocycles. The number of benzene rings is 1. The van der Waals surface area contributed by atoms with Crippen molar-refractivity contribution in [1.29, 1.82) is 0 Å². The number of esters is 1. The first-order valence-electron chi connectivity index (χ1n) is 4.62. The molecule has 0 aliphatic heterocycles. The second kappa shape index (κ2) is 3.73. The van der Waals surface area contributed by atoms with Crippen molar-refractivity contribution in [2.45, 2.75) is 19.3 Å². The summed E-state index contributed by atoms with van der Waals surface area (Å²) in [6, 6.07) is 3.98. The third-order valence-electron chi connectivity index (χ3n) is 2.59. The Balaban J connectivity index is 2.47. The summed E-state index contributed by atoms with van der Waals surface area (Å²) in [6.07, 6.45) is 3.38. The minimum Gasteiger partial charge on any atom is -0.465 e. The van der Waals surface area contributed by atoms with Crippen molar-refractivity contribution in [3.05, 3.63) is 33.3 Å². The molecule has 1 aliphatic rings. The van der Waals surface area contributed by atoms with Crippen LogP contribution in [0.25, 0.3) is 0 Å². The van der Waals surface area contributed by atoms with E-state index in [2.05, 4.69) is 15.9 Å². The fourth-order valence-corrected chi connectivity index (χ4v) is 2.41. The summed E-state index contributed by atoms with van der Waals surface area (Å²) in [7, 11) is 1.40. The van der Waals surface area contributed by atoms with Gasteiger partial charge >= 0.3 is 5.97 Å². The number of aryl methyl sites for hydroxylation is 2. The molecule has 1 aromatic rings. The molecule has 0 spiro atoms. The Morgan fingerprint density at radius 3 is 2.64 bits per heavy atom. The molecule has 0 fully saturated rings. The van der Waals surface area contributed by atoms with Crippen LogP contribution in [0, 0.1) is 0 Å². The molecular formula is C11H11BrO2. The maximum absolute atomic E-state index is 11.4. The maximum atomic E-state index is 11.4. The minimum absolute atomic E-state index is 0.272. The first-order valence-corrected chi connectivity index (χ1v) is 5.41. The highest BCUT2D eigenvalue weighted by Crippen LogP contribution is 2.28. The Bertz CT molecular complexity index is 385. The van der Waals surface area contributed by atoms with E-state index in [0.29, 0.717) is 5.56 Å². The van der Waals surface area contributed by atoms with Crippen LogP contribution < -0.4 is 0 Å². The van der Waals surface area contributed by atoms with Crippen molar-refractivity contribution in [1.82, 2.24) is 0 Å². The Labute approximate surface area is 91.4 Å². The van der Waals surface area contributed by atoms with Gasteiger partial charge in [0, 0.05) is 4.47 Å². The van der Waals surface area contributed by atoms with Gasteiger partial charge < -0.3 is 4.74 Å². The summed E-state index contributed by atoms with van der Waals surface area (Å²) in [4.78, 5) is 11.4. The van der Waals surface area contributed by atoms with E-state index in [9.17, 15) is 4.79 Å². The van der Waals surface area contributed by atoms with E-state index in [1.54, 1.807) is 0 Å². The number of rotatable bonds is 1. The lowest BCUT2D eigenvalue weighted by Gasteiger charge is -2.05. The predicted molar refractivity (Wildman–Crippen MR) is 57.5 cm³/mol. The van der Waals surface area contributed by atoms with Gasteiger partial charge in [0.2, 0.25) is 0 Å². The number of fused-ring (bicyclic) bond motifs is 1. The third kappa shape index (κ3) is 1.57. The average molecular weight is 255 g/mol. The summed E-state index contributed by atoms with van der Waals surface area (Å²) in [5, 5.41) is 0. The van der Waals surface area contributed by atoms with Gasteiger partial charge in [-0.15, -0.1) is 0 Å². The van der Waals surface area contributed by atoms with Crippen LogP contribution in [-0.4, -0.2) is 13.1 Å². The molecule has 74 valence electrons. The lowest BCUT2D eigenvalue weighted by molar-refractivity contribution is 0.0599. The molecule has 0 radical (unpaired) electrons. The highest BCUT2D eigenvalue weighted by molar-refractivity contribution is 9.10. The van der Waals surface area contributed by atoms with Gasteiger partial charge in [0.25, 0.3) is 0 Å². The standard InChI is InChI=1S/C11H11BrO2/c1-14-11(13)9-5-7-3-2-4-8(7)6-10(9)12/h5-6H,2-4H2,1H3. The molecule has 0 saturated carbocycles.